The summed E-state index contributed by atoms with van der Waals surface area (Å²) in [6.45, 7) is 13.2. The number of halogens is 16. The Kier molecular flexibility index (Phi) is 51.5. The zero-order valence-corrected chi connectivity index (χ0v) is 48.7. The zero-order valence-electron chi connectivity index (χ0n) is 40.7. The van der Waals surface area contributed by atoms with Crippen molar-refractivity contribution in [2.75, 3.05) is 7.11 Å². The Morgan fingerprint density at radius 1 is 0.581 bits per heavy atom. The van der Waals surface area contributed by atoms with E-state index in [1.165, 1.54) is 49.6 Å². The summed E-state index contributed by atoms with van der Waals surface area (Å²) >= 11 is 6.03. The molecule has 0 spiro atoms. The summed E-state index contributed by atoms with van der Waals surface area (Å²) in [5.74, 6) is -9.31. The van der Waals surface area contributed by atoms with E-state index < -0.39 is 81.3 Å². The first-order chi connectivity index (χ1) is 32.5. The number of hydrogen-bond donors (Lipinski definition) is 2. The maximum absolute atomic E-state index is 13.1. The summed E-state index contributed by atoms with van der Waals surface area (Å²) in [4.78, 5) is 10.5. The normalized spacial score (nSPS) is 8.92. The number of aryl methyl sites for hydroxylation is 2. The molecule has 0 atom stereocenters. The van der Waals surface area contributed by atoms with Crippen LogP contribution in [0.2, 0.25) is 0 Å². The van der Waals surface area contributed by atoms with Crippen molar-refractivity contribution in [2.45, 2.75) is 37.6 Å². The van der Waals surface area contributed by atoms with Crippen molar-refractivity contribution in [3.63, 3.8) is 0 Å². The standard InChI is InChI=1S/C11H10F2O2.C10H10F2.C7H5BrF2.2C7H6F2O.C6H3BrF2.C3H5.B.BrH.ClH.Mg.Na.H/c1-2-3-4-7-5-8(12)10(11(14)15)9(13)6-7;1-2-3-4-8-5-9(11)7-10(12)6-8;8-4-5-1-6(9)3-7(10)2-5;1-10-7-3-5(8)2-6(9)4-7;8-6-1-5(4-10)2-7(9)3-6;7-4-1-5(8)3-6(9)2-4;1-3-2;;;;;;/h2,5-6H,1,3-4H2,(H,14,15);2,5-7H,1,3-4H2;1-3H,4H2;2-4H,1H3;1-3,10H,4H2;1-3H;3H,1-2H2;;2*1H;;;/q;;;;;;-1;;;;+2;+1;-1/p-1. The molecule has 0 unspecified atom stereocenters. The molecular formula is C51H47BBr3ClF12MgNaO4. The molecule has 74 heavy (non-hydrogen) atoms. The molecule has 0 aromatic heterocycles. The number of hydrogen-bond acceptors (Lipinski definition) is 3. The molecule has 6 rings (SSSR count). The fourth-order valence-corrected chi connectivity index (χ4v) is 5.59. The predicted molar refractivity (Wildman–Crippen MR) is 273 cm³/mol. The van der Waals surface area contributed by atoms with Gasteiger partial charge in [-0.3, -0.25) is 0 Å². The van der Waals surface area contributed by atoms with Crippen molar-refractivity contribution in [2.24, 2.45) is 0 Å². The van der Waals surface area contributed by atoms with Crippen molar-refractivity contribution in [1.29, 1.82) is 0 Å². The van der Waals surface area contributed by atoms with E-state index in [-0.39, 0.29) is 110 Å². The quantitative estimate of drug-likeness (QED) is 0.0472. The minimum absolute atomic E-state index is 0. The van der Waals surface area contributed by atoms with Crippen LogP contribution in [0.4, 0.5) is 52.7 Å². The molecule has 0 heterocycles. The van der Waals surface area contributed by atoms with Gasteiger partial charge in [0.25, 0.3) is 0 Å². The predicted octanol–water partition coefficient (Wildman–Crippen LogP) is 9.83. The van der Waals surface area contributed by atoms with E-state index >= 15 is 0 Å². The average molecular weight is 1290 g/mol. The Morgan fingerprint density at radius 2 is 0.851 bits per heavy atom. The van der Waals surface area contributed by atoms with E-state index in [1.54, 1.807) is 12.2 Å². The first-order valence-electron chi connectivity index (χ1n) is 19.5. The molecule has 393 valence electrons. The Balaban J connectivity index is -0.000000145. The summed E-state index contributed by atoms with van der Waals surface area (Å²) in [5, 5.41) is 17.4. The van der Waals surface area contributed by atoms with Crippen molar-refractivity contribution < 1.29 is 116 Å². The van der Waals surface area contributed by atoms with Gasteiger partial charge < -0.3 is 28.8 Å². The molecule has 0 fully saturated rings. The van der Waals surface area contributed by atoms with Gasteiger partial charge in [0.2, 0.25) is 0 Å². The molecule has 0 saturated carbocycles. The van der Waals surface area contributed by atoms with E-state index in [1.807, 2.05) is 0 Å². The maximum atomic E-state index is 13.1. The molecule has 23 heteroatoms. The van der Waals surface area contributed by atoms with E-state index in [0.717, 1.165) is 73.2 Å². The zero-order chi connectivity index (χ0) is 52.6. The second-order valence-electron chi connectivity index (χ2n) is 13.2. The van der Waals surface area contributed by atoms with Gasteiger partial charge in [-0.15, -0.1) is 30.1 Å². The maximum Gasteiger partial charge on any atom is 2.00 e. The number of carboxylic acid groups (broad SMARTS) is 1. The summed E-state index contributed by atoms with van der Waals surface area (Å²) < 4.78 is 155. The number of carboxylic acids is 1. The Bertz CT molecular complexity index is 2310. The second kappa shape index (κ2) is 46.6. The van der Waals surface area contributed by atoms with Crippen molar-refractivity contribution in [3.05, 3.63) is 250 Å². The number of aromatic carboxylic acids is 1. The number of carbonyl (C=O) groups is 1. The first-order valence-corrected chi connectivity index (χ1v) is 21.4. The molecule has 3 radical (unpaired) electrons. The molecule has 2 N–H and O–H groups in total. The van der Waals surface area contributed by atoms with E-state index in [4.69, 9.17) is 10.2 Å². The Labute approximate surface area is 498 Å². The number of aliphatic hydroxyl groups is 1. The minimum atomic E-state index is -1.60. The van der Waals surface area contributed by atoms with Gasteiger partial charge in [0.1, 0.15) is 81.1 Å². The van der Waals surface area contributed by atoms with Crippen LogP contribution in [0, 0.1) is 76.7 Å². The van der Waals surface area contributed by atoms with Gasteiger partial charge in [-0.25, -0.2) is 77.1 Å². The number of rotatable bonds is 10. The fourth-order valence-electron chi connectivity index (χ4n) is 4.82. The SMILES string of the molecule is Br.C=CCCc1cc(F)c(C(=O)O)c(F)c1.C=CCCc1cc(F)cc(F)c1.C=C[CH2-].COc1cc(F)cc(F)c1.Fc1cc(F)cc(Br)c1.Fc1cc(F)cc(CBr)c1.OCc1cc(F)cc(F)c1.[B].[Cl-].[H-].[Mg+2].[Na+]. The molecule has 0 bridgehead atoms. The van der Waals surface area contributed by atoms with Gasteiger partial charge in [-0.2, -0.15) is 0 Å². The summed E-state index contributed by atoms with van der Waals surface area (Å²) in [7, 11) is 1.36. The van der Waals surface area contributed by atoms with Crippen LogP contribution >= 0.6 is 48.8 Å². The minimum Gasteiger partial charge on any atom is -1.00 e. The molecule has 0 aliphatic heterocycles. The van der Waals surface area contributed by atoms with Gasteiger partial charge in [0.05, 0.1) is 13.7 Å². The van der Waals surface area contributed by atoms with Crippen LogP contribution in [-0.4, -0.2) is 54.8 Å². The number of aliphatic hydroxyl groups excluding tert-OH is 1. The van der Waals surface area contributed by atoms with Crippen LogP contribution in [0.15, 0.2) is 146 Å². The van der Waals surface area contributed by atoms with Gasteiger partial charge in [-0.05, 0) is 109 Å². The van der Waals surface area contributed by atoms with Crippen LogP contribution in [-0.2, 0) is 24.8 Å². The van der Waals surface area contributed by atoms with Crippen molar-refractivity contribution in [1.82, 2.24) is 0 Å². The molecule has 4 nitrogen and oxygen atoms in total. The number of methoxy groups -OCH3 is 1. The number of alkyl halides is 1. The number of benzene rings is 6. The molecular weight excluding hydrogens is 1240 g/mol. The third-order valence-corrected chi connectivity index (χ3v) is 8.70. The van der Waals surface area contributed by atoms with Gasteiger partial charge in [-0.1, -0.05) is 44.0 Å². The number of ether oxygens (including phenoxy) is 1. The molecule has 6 aromatic rings. The topological polar surface area (TPSA) is 66.8 Å². The molecule has 0 aliphatic rings. The van der Waals surface area contributed by atoms with E-state index in [9.17, 15) is 57.5 Å². The number of allylic oxidation sites excluding steroid dienone is 3. The van der Waals surface area contributed by atoms with Crippen molar-refractivity contribution >= 4 is 86.3 Å². The Hall–Kier alpha value is -3.64. The van der Waals surface area contributed by atoms with Crippen LogP contribution < -0.4 is 46.7 Å². The smallest absolute Gasteiger partial charge is 1.00 e. The van der Waals surface area contributed by atoms with E-state index in [0.29, 0.717) is 45.8 Å². The second-order valence-corrected chi connectivity index (χ2v) is 14.7. The molecule has 0 aliphatic carbocycles. The summed E-state index contributed by atoms with van der Waals surface area (Å²) in [6.07, 6.45) is 7.26. The first kappa shape index (κ1) is 81.7. The van der Waals surface area contributed by atoms with Crippen LogP contribution in [0.25, 0.3) is 0 Å². The van der Waals surface area contributed by atoms with Crippen LogP contribution in [0.1, 0.15) is 46.9 Å². The van der Waals surface area contributed by atoms with Crippen LogP contribution in [0.3, 0.4) is 0 Å². The molecule has 0 amide bonds. The van der Waals surface area contributed by atoms with E-state index in [2.05, 4.69) is 63.3 Å². The van der Waals surface area contributed by atoms with Gasteiger partial charge in [0, 0.05) is 60.7 Å². The Morgan fingerprint density at radius 3 is 1.11 bits per heavy atom. The average Bonchev–Trinajstić information content (AvgIpc) is 3.24. The van der Waals surface area contributed by atoms with Crippen molar-refractivity contribution in [3.8, 4) is 5.75 Å². The third kappa shape index (κ3) is 38.0. The summed E-state index contributed by atoms with van der Waals surface area (Å²) in [6, 6.07) is 18.2. The molecule has 6 aromatic carbocycles. The van der Waals surface area contributed by atoms with Gasteiger partial charge >= 0.3 is 58.6 Å². The largest absolute Gasteiger partial charge is 2.00 e. The van der Waals surface area contributed by atoms with Crippen LogP contribution in [0.5, 0.6) is 5.75 Å². The third-order valence-electron chi connectivity index (χ3n) is 7.59. The summed E-state index contributed by atoms with van der Waals surface area (Å²) in [5.41, 5.74) is 1.05. The molecule has 0 saturated heterocycles. The van der Waals surface area contributed by atoms with Gasteiger partial charge in [0.15, 0.2) is 0 Å². The fraction of sp³-hybridized carbons (Fsp3) is 0.137. The monoisotopic (exact) mass is 1280 g/mol.